The van der Waals surface area contributed by atoms with Crippen LogP contribution < -0.4 is 0 Å². The molecule has 6 heterocycles. The molecule has 0 bridgehead atoms. The summed E-state index contributed by atoms with van der Waals surface area (Å²) in [6, 6.07) is 30.4. The van der Waals surface area contributed by atoms with Gasteiger partial charge in [0.15, 0.2) is 0 Å². The summed E-state index contributed by atoms with van der Waals surface area (Å²) in [5, 5.41) is 16.7. The Morgan fingerprint density at radius 2 is 0.462 bits per heavy atom. The molecule has 0 unspecified atom stereocenters. The third kappa shape index (κ3) is 22.2. The average Bonchev–Trinajstić information content (AvgIpc) is 3.04. The Balaban J connectivity index is 0.000000375. The van der Waals surface area contributed by atoms with E-state index in [1.807, 2.05) is 97.1 Å². The van der Waals surface area contributed by atoms with E-state index in [4.69, 9.17) is 0 Å². The van der Waals surface area contributed by atoms with Crippen LogP contribution in [-0.4, -0.2) is 40.3 Å². The van der Waals surface area contributed by atoms with Gasteiger partial charge in [-0.05, 0) is 72.8 Å². The van der Waals surface area contributed by atoms with E-state index < -0.39 is 15.6 Å². The summed E-state index contributed by atoms with van der Waals surface area (Å²) < 4.78 is 118. The SMILES string of the molecule is F[P-](F)(F)(F)(F)F.F[P-](F)(F)(F)(F)F.[Cu+2].[OH3+].c1ccc(-c2ccc(-c3ccccn3)nn2)nc1.c1ccc(-c2ccc(-c3ccccn3)nn2)nc1. The topological polar surface area (TPSA) is 136 Å². The molecule has 0 aliphatic rings. The Hall–Kier alpha value is -4.74. The molecule has 285 valence electrons. The van der Waals surface area contributed by atoms with Gasteiger partial charge in [-0.3, -0.25) is 19.9 Å². The van der Waals surface area contributed by atoms with E-state index in [0.29, 0.717) is 0 Å². The molecular formula is C28H23CuF12N8OP2+. The first-order valence-electron chi connectivity index (χ1n) is 13.2. The standard InChI is InChI=1S/2C14H10N4.Cu.2F6P.H2O/c2*1-3-9-15-11(5-1)13-7-8-14(18-17-13)12-6-2-4-10-16-12;;2*1-7(2,3,4,5)6;/h2*1-10H;;;;1H2/q;;+2;2*-1;/p+1. The first-order valence-corrected chi connectivity index (χ1v) is 17.3. The van der Waals surface area contributed by atoms with Gasteiger partial charge in [0, 0.05) is 24.8 Å². The van der Waals surface area contributed by atoms with E-state index >= 15 is 0 Å². The van der Waals surface area contributed by atoms with E-state index in [-0.39, 0.29) is 22.5 Å². The van der Waals surface area contributed by atoms with Crippen LogP contribution in [0.5, 0.6) is 0 Å². The van der Waals surface area contributed by atoms with Crippen LogP contribution in [0.2, 0.25) is 0 Å². The maximum atomic E-state index is 9.87. The van der Waals surface area contributed by atoms with Crippen LogP contribution >= 0.6 is 15.6 Å². The third-order valence-corrected chi connectivity index (χ3v) is 5.04. The molecule has 6 aromatic rings. The molecule has 52 heavy (non-hydrogen) atoms. The van der Waals surface area contributed by atoms with Gasteiger partial charge < -0.3 is 5.48 Å². The van der Waals surface area contributed by atoms with Gasteiger partial charge in [0.05, 0.1) is 22.8 Å². The van der Waals surface area contributed by atoms with Crippen molar-refractivity contribution in [1.29, 1.82) is 0 Å². The predicted octanol–water partition coefficient (Wildman–Crippen LogP) is 11.0. The molecule has 6 rings (SSSR count). The van der Waals surface area contributed by atoms with Crippen LogP contribution in [0.1, 0.15) is 0 Å². The molecule has 0 fully saturated rings. The average molecular weight is 841 g/mol. The van der Waals surface area contributed by atoms with Crippen molar-refractivity contribution in [3.63, 3.8) is 0 Å². The van der Waals surface area contributed by atoms with Crippen molar-refractivity contribution in [2.45, 2.75) is 0 Å². The van der Waals surface area contributed by atoms with Crippen LogP contribution in [0.25, 0.3) is 45.6 Å². The Kier molecular flexibility index (Phi) is 13.8. The Bertz CT molecular complexity index is 1670. The van der Waals surface area contributed by atoms with Crippen LogP contribution in [-0.2, 0) is 22.5 Å². The summed E-state index contributed by atoms with van der Waals surface area (Å²) in [5.74, 6) is 0. The molecule has 9 nitrogen and oxygen atoms in total. The summed E-state index contributed by atoms with van der Waals surface area (Å²) in [7, 11) is -21.3. The summed E-state index contributed by atoms with van der Waals surface area (Å²) in [6.45, 7) is 0. The number of halogens is 12. The second kappa shape index (κ2) is 15.9. The van der Waals surface area contributed by atoms with E-state index in [0.717, 1.165) is 45.6 Å². The zero-order valence-corrected chi connectivity index (χ0v) is 28.2. The fraction of sp³-hybridized carbons (Fsp3) is 0. The Labute approximate surface area is 295 Å². The quantitative estimate of drug-likeness (QED) is 0.0741. The first kappa shape index (κ1) is 45.3. The van der Waals surface area contributed by atoms with E-state index in [1.54, 1.807) is 24.8 Å². The number of aromatic nitrogens is 8. The smallest absolute Gasteiger partial charge is 0.457 e. The second-order valence-corrected chi connectivity index (χ2v) is 13.2. The Morgan fingerprint density at radius 3 is 0.577 bits per heavy atom. The minimum atomic E-state index is -10.7. The molecule has 0 saturated heterocycles. The van der Waals surface area contributed by atoms with E-state index in [9.17, 15) is 50.4 Å². The summed E-state index contributed by atoms with van der Waals surface area (Å²) in [4.78, 5) is 16.9. The zero-order chi connectivity index (χ0) is 37.2. The van der Waals surface area contributed by atoms with Crippen molar-refractivity contribution in [2.24, 2.45) is 0 Å². The minimum Gasteiger partial charge on any atom is -0.457 e. The molecule has 0 atom stereocenters. The van der Waals surface area contributed by atoms with Gasteiger partial charge in [0.1, 0.15) is 22.8 Å². The van der Waals surface area contributed by atoms with Crippen LogP contribution in [0, 0.1) is 0 Å². The largest absolute Gasteiger partial charge is 2.00 e. The van der Waals surface area contributed by atoms with Gasteiger partial charge in [0.25, 0.3) is 0 Å². The van der Waals surface area contributed by atoms with Gasteiger partial charge in [-0.1, -0.05) is 24.3 Å². The first-order chi connectivity index (χ1) is 22.8. The van der Waals surface area contributed by atoms with Crippen molar-refractivity contribution in [3.8, 4) is 45.6 Å². The molecule has 0 aliphatic carbocycles. The van der Waals surface area contributed by atoms with E-state index in [1.165, 1.54) is 0 Å². The fourth-order valence-electron chi connectivity index (χ4n) is 3.27. The maximum Gasteiger partial charge on any atom is 2.00 e. The molecular weight excluding hydrogens is 818 g/mol. The van der Waals surface area contributed by atoms with Crippen LogP contribution in [0.15, 0.2) is 122 Å². The second-order valence-electron chi connectivity index (χ2n) is 9.38. The fourth-order valence-corrected chi connectivity index (χ4v) is 3.27. The van der Waals surface area contributed by atoms with Crippen molar-refractivity contribution in [1.82, 2.24) is 40.3 Å². The van der Waals surface area contributed by atoms with Crippen molar-refractivity contribution >= 4 is 15.6 Å². The molecule has 0 aromatic carbocycles. The number of hydrogen-bond acceptors (Lipinski definition) is 8. The number of nitrogens with zero attached hydrogens (tertiary/aromatic N) is 8. The minimum absolute atomic E-state index is 0. The summed E-state index contributed by atoms with van der Waals surface area (Å²) >= 11 is 0. The molecule has 3 N–H and O–H groups in total. The summed E-state index contributed by atoms with van der Waals surface area (Å²) in [6.07, 6.45) is 6.96. The summed E-state index contributed by atoms with van der Waals surface area (Å²) in [5.41, 5.74) is 6.31. The molecule has 0 spiro atoms. The van der Waals surface area contributed by atoms with Gasteiger partial charge in [-0.25, -0.2) is 0 Å². The van der Waals surface area contributed by atoms with Crippen molar-refractivity contribution in [3.05, 3.63) is 122 Å². The zero-order valence-electron chi connectivity index (χ0n) is 25.4. The Morgan fingerprint density at radius 1 is 0.288 bits per heavy atom. The number of pyridine rings is 4. The van der Waals surface area contributed by atoms with Gasteiger partial charge in [-0.15, -0.1) is 20.4 Å². The third-order valence-electron chi connectivity index (χ3n) is 5.04. The molecule has 6 aromatic heterocycles. The molecule has 24 heteroatoms. The van der Waals surface area contributed by atoms with Gasteiger partial charge >= 0.3 is 83.0 Å². The van der Waals surface area contributed by atoms with Crippen LogP contribution in [0.3, 0.4) is 0 Å². The number of rotatable bonds is 4. The molecule has 0 amide bonds. The normalized spacial score (nSPS) is 13.3. The van der Waals surface area contributed by atoms with Crippen molar-refractivity contribution < 1.29 is 72.9 Å². The van der Waals surface area contributed by atoms with Gasteiger partial charge in [0.2, 0.25) is 0 Å². The van der Waals surface area contributed by atoms with Crippen LogP contribution in [0.4, 0.5) is 50.4 Å². The molecule has 0 aliphatic heterocycles. The molecule has 1 radical (unpaired) electrons. The predicted molar refractivity (Wildman–Crippen MR) is 169 cm³/mol. The van der Waals surface area contributed by atoms with Gasteiger partial charge in [-0.2, -0.15) is 0 Å². The monoisotopic (exact) mass is 840 g/mol. The number of hydrogen-bond donors (Lipinski definition) is 0. The van der Waals surface area contributed by atoms with E-state index in [2.05, 4.69) is 40.3 Å². The van der Waals surface area contributed by atoms with Crippen molar-refractivity contribution in [2.75, 3.05) is 0 Å². The maximum absolute atomic E-state index is 10.7. The molecule has 0 saturated carbocycles.